The summed E-state index contributed by atoms with van der Waals surface area (Å²) in [6.45, 7) is 1.74. The number of rotatable bonds is 3. The van der Waals surface area contributed by atoms with E-state index in [9.17, 15) is 9.59 Å². The molecule has 0 saturated heterocycles. The molecule has 0 atom stereocenters. The van der Waals surface area contributed by atoms with Crippen LogP contribution in [0.25, 0.3) is 10.8 Å². The van der Waals surface area contributed by atoms with Crippen molar-refractivity contribution in [3.63, 3.8) is 0 Å². The molecule has 0 aliphatic rings. The van der Waals surface area contributed by atoms with Crippen molar-refractivity contribution in [2.24, 2.45) is 5.10 Å². The molecule has 2 N–H and O–H groups in total. The van der Waals surface area contributed by atoms with E-state index in [4.69, 9.17) is 0 Å². The van der Waals surface area contributed by atoms with E-state index in [0.29, 0.717) is 22.2 Å². The number of aromatic amines is 1. The summed E-state index contributed by atoms with van der Waals surface area (Å²) in [5, 5.41) is 11.0. The van der Waals surface area contributed by atoms with Crippen LogP contribution >= 0.6 is 0 Å². The second-order valence-electron chi connectivity index (χ2n) is 4.80. The number of H-pyrrole nitrogens is 1. The summed E-state index contributed by atoms with van der Waals surface area (Å²) in [5.74, 6) is -0.507. The lowest BCUT2D eigenvalue weighted by Gasteiger charge is -2.04. The molecule has 0 aliphatic carbocycles. The molecule has 0 spiro atoms. The molecule has 3 aromatic rings. The summed E-state index contributed by atoms with van der Waals surface area (Å²) >= 11 is 0. The standard InChI is InChI=1S/C16H13N5O2/c1-10(13-8-4-5-9-17-13)18-21-16(23)14-11-6-2-3-7-12(11)15(22)20-19-14/h2-9H,1H3,(H,20,22)(H,21,23)/b18-10-. The van der Waals surface area contributed by atoms with Crippen LogP contribution in [-0.2, 0) is 0 Å². The molecule has 1 amide bonds. The number of hydrazone groups is 1. The lowest BCUT2D eigenvalue weighted by molar-refractivity contribution is 0.0950. The largest absolute Gasteiger partial charge is 0.292 e. The maximum absolute atomic E-state index is 12.3. The van der Waals surface area contributed by atoms with Crippen molar-refractivity contribution in [1.29, 1.82) is 0 Å². The fourth-order valence-corrected chi connectivity index (χ4v) is 2.11. The molecule has 0 radical (unpaired) electrons. The van der Waals surface area contributed by atoms with Crippen molar-refractivity contribution >= 4 is 22.4 Å². The number of nitrogens with zero attached hydrogens (tertiary/aromatic N) is 3. The fourth-order valence-electron chi connectivity index (χ4n) is 2.11. The molecule has 0 saturated carbocycles. The van der Waals surface area contributed by atoms with Gasteiger partial charge in [-0.15, -0.1) is 0 Å². The van der Waals surface area contributed by atoms with Gasteiger partial charge in [-0.2, -0.15) is 10.2 Å². The summed E-state index contributed by atoms with van der Waals surface area (Å²) < 4.78 is 0. The molecule has 3 rings (SSSR count). The zero-order valence-corrected chi connectivity index (χ0v) is 12.3. The van der Waals surface area contributed by atoms with E-state index in [-0.39, 0.29) is 11.3 Å². The van der Waals surface area contributed by atoms with Gasteiger partial charge < -0.3 is 0 Å². The number of pyridine rings is 1. The topological polar surface area (TPSA) is 100 Å². The first-order chi connectivity index (χ1) is 11.2. The predicted molar refractivity (Wildman–Crippen MR) is 86.3 cm³/mol. The molecule has 0 aliphatic heterocycles. The fraction of sp³-hybridized carbons (Fsp3) is 0.0625. The monoisotopic (exact) mass is 307 g/mol. The Morgan fingerprint density at radius 3 is 2.61 bits per heavy atom. The molecule has 2 heterocycles. The van der Waals surface area contributed by atoms with Crippen LogP contribution in [0.5, 0.6) is 0 Å². The van der Waals surface area contributed by atoms with Gasteiger partial charge in [0.05, 0.1) is 16.8 Å². The normalized spacial score (nSPS) is 11.4. The SMILES string of the molecule is C/C(=N/NC(=O)c1n[nH]c(=O)c2ccccc12)c1ccccn1. The van der Waals surface area contributed by atoms with Crippen molar-refractivity contribution in [3.8, 4) is 0 Å². The van der Waals surface area contributed by atoms with Crippen LogP contribution in [0.3, 0.4) is 0 Å². The van der Waals surface area contributed by atoms with Crippen molar-refractivity contribution in [2.45, 2.75) is 6.92 Å². The molecule has 23 heavy (non-hydrogen) atoms. The molecule has 7 nitrogen and oxygen atoms in total. The van der Waals surface area contributed by atoms with E-state index in [2.05, 4.69) is 25.7 Å². The van der Waals surface area contributed by atoms with Crippen LogP contribution in [0.2, 0.25) is 0 Å². The molecule has 0 fully saturated rings. The maximum atomic E-state index is 12.3. The molecule has 7 heteroatoms. The van der Waals surface area contributed by atoms with Crippen molar-refractivity contribution in [2.75, 3.05) is 0 Å². The summed E-state index contributed by atoms with van der Waals surface area (Å²) in [6, 6.07) is 12.2. The zero-order valence-electron chi connectivity index (χ0n) is 12.3. The number of nitrogens with one attached hydrogen (secondary N) is 2. The number of hydrogen-bond acceptors (Lipinski definition) is 5. The highest BCUT2D eigenvalue weighted by Crippen LogP contribution is 2.12. The Hall–Kier alpha value is -3.35. The highest BCUT2D eigenvalue weighted by atomic mass is 16.2. The highest BCUT2D eigenvalue weighted by molar-refractivity contribution is 6.05. The van der Waals surface area contributed by atoms with E-state index in [1.165, 1.54) is 0 Å². The Bertz CT molecular complexity index is 947. The Morgan fingerprint density at radius 2 is 1.87 bits per heavy atom. The third-order valence-electron chi connectivity index (χ3n) is 3.27. The molecule has 2 aromatic heterocycles. The van der Waals surface area contributed by atoms with Crippen LogP contribution in [0.1, 0.15) is 23.1 Å². The minimum absolute atomic E-state index is 0.109. The van der Waals surface area contributed by atoms with Gasteiger partial charge in [0.25, 0.3) is 11.5 Å². The summed E-state index contributed by atoms with van der Waals surface area (Å²) in [5.41, 5.74) is 3.42. The average Bonchev–Trinajstić information content (AvgIpc) is 2.60. The number of amides is 1. The summed E-state index contributed by atoms with van der Waals surface area (Å²) in [4.78, 5) is 28.1. The van der Waals surface area contributed by atoms with E-state index in [1.54, 1.807) is 49.5 Å². The van der Waals surface area contributed by atoms with E-state index >= 15 is 0 Å². The number of benzene rings is 1. The van der Waals surface area contributed by atoms with Gasteiger partial charge in [0.2, 0.25) is 0 Å². The van der Waals surface area contributed by atoms with Crippen LogP contribution in [-0.4, -0.2) is 26.8 Å². The predicted octanol–water partition coefficient (Wildman–Crippen LogP) is 1.47. The summed E-state index contributed by atoms with van der Waals surface area (Å²) in [7, 11) is 0. The molecule has 0 unspecified atom stereocenters. The third kappa shape index (κ3) is 2.98. The number of hydrogen-bond donors (Lipinski definition) is 2. The van der Waals surface area contributed by atoms with Gasteiger partial charge in [0, 0.05) is 11.6 Å². The smallest absolute Gasteiger partial charge is 0.267 e. The first-order valence-corrected chi connectivity index (χ1v) is 6.90. The Morgan fingerprint density at radius 1 is 1.13 bits per heavy atom. The van der Waals surface area contributed by atoms with Gasteiger partial charge in [-0.3, -0.25) is 14.6 Å². The number of carbonyl (C=O) groups is 1. The minimum Gasteiger partial charge on any atom is -0.267 e. The summed E-state index contributed by atoms with van der Waals surface area (Å²) in [6.07, 6.45) is 1.65. The van der Waals surface area contributed by atoms with Crippen molar-refractivity contribution in [1.82, 2.24) is 20.6 Å². The van der Waals surface area contributed by atoms with Gasteiger partial charge in [0.15, 0.2) is 5.69 Å². The second kappa shape index (κ2) is 6.18. The zero-order chi connectivity index (χ0) is 16.2. The quantitative estimate of drug-likeness (QED) is 0.565. The number of aromatic nitrogens is 3. The maximum Gasteiger partial charge on any atom is 0.292 e. The molecule has 0 bridgehead atoms. The minimum atomic E-state index is -0.507. The number of fused-ring (bicyclic) bond motifs is 1. The van der Waals surface area contributed by atoms with Gasteiger partial charge in [0.1, 0.15) is 0 Å². The Labute approximate surface area is 131 Å². The lowest BCUT2D eigenvalue weighted by Crippen LogP contribution is -2.23. The van der Waals surface area contributed by atoms with Crippen LogP contribution < -0.4 is 11.0 Å². The van der Waals surface area contributed by atoms with Crippen LogP contribution in [0, 0.1) is 0 Å². The van der Waals surface area contributed by atoms with Gasteiger partial charge >= 0.3 is 0 Å². The van der Waals surface area contributed by atoms with Crippen LogP contribution in [0.15, 0.2) is 58.6 Å². The molecule has 1 aromatic carbocycles. The van der Waals surface area contributed by atoms with E-state index < -0.39 is 5.91 Å². The highest BCUT2D eigenvalue weighted by Gasteiger charge is 2.13. The Kier molecular flexibility index (Phi) is 3.92. The van der Waals surface area contributed by atoms with E-state index in [1.807, 2.05) is 6.07 Å². The van der Waals surface area contributed by atoms with Gasteiger partial charge in [-0.25, -0.2) is 10.5 Å². The Balaban J connectivity index is 1.90. The average molecular weight is 307 g/mol. The lowest BCUT2D eigenvalue weighted by atomic mass is 10.1. The first-order valence-electron chi connectivity index (χ1n) is 6.90. The molecular weight excluding hydrogens is 294 g/mol. The first kappa shape index (κ1) is 14.6. The van der Waals surface area contributed by atoms with Gasteiger partial charge in [-0.1, -0.05) is 24.3 Å². The number of carbonyl (C=O) groups excluding carboxylic acids is 1. The second-order valence-corrected chi connectivity index (χ2v) is 4.80. The van der Waals surface area contributed by atoms with E-state index in [0.717, 1.165) is 0 Å². The van der Waals surface area contributed by atoms with Gasteiger partial charge in [-0.05, 0) is 25.1 Å². The molecular formula is C16H13N5O2. The third-order valence-corrected chi connectivity index (χ3v) is 3.27. The van der Waals surface area contributed by atoms with Crippen molar-refractivity contribution < 1.29 is 4.79 Å². The molecule has 114 valence electrons. The van der Waals surface area contributed by atoms with Crippen molar-refractivity contribution in [3.05, 3.63) is 70.4 Å². The van der Waals surface area contributed by atoms with Crippen LogP contribution in [0.4, 0.5) is 0 Å².